The van der Waals surface area contributed by atoms with Gasteiger partial charge in [0.05, 0.1) is 28.4 Å². The highest BCUT2D eigenvalue weighted by Gasteiger charge is 2.08. The first-order valence-electron chi connectivity index (χ1n) is 5.07. The Kier molecular flexibility index (Phi) is 2.86. The van der Waals surface area contributed by atoms with Crippen LogP contribution in [0.15, 0.2) is 47.3 Å². The van der Waals surface area contributed by atoms with Crippen LogP contribution in [0.4, 0.5) is 0 Å². The number of benzene rings is 2. The number of hydrogen-bond donors (Lipinski definition) is 0. The molecule has 0 saturated carbocycles. The summed E-state index contributed by atoms with van der Waals surface area (Å²) in [6.45, 7) is 0. The van der Waals surface area contributed by atoms with Gasteiger partial charge in [-0.1, -0.05) is 24.3 Å². The fourth-order valence-corrected chi connectivity index (χ4v) is 3.19. The molecular formula is C13H7I2NO. The van der Waals surface area contributed by atoms with Gasteiger partial charge in [0.25, 0.3) is 5.56 Å². The SMILES string of the molecule is O=c1c2cc(I)ccc2c2ccccc2n1I. The number of fused-ring (bicyclic) bond motifs is 3. The molecule has 3 aromatic rings. The van der Waals surface area contributed by atoms with Gasteiger partial charge in [-0.2, -0.15) is 0 Å². The van der Waals surface area contributed by atoms with Gasteiger partial charge in [-0.25, -0.2) is 2.78 Å². The Labute approximate surface area is 125 Å². The van der Waals surface area contributed by atoms with E-state index in [0.29, 0.717) is 0 Å². The van der Waals surface area contributed by atoms with Gasteiger partial charge >= 0.3 is 0 Å². The van der Waals surface area contributed by atoms with Gasteiger partial charge in [-0.05, 0) is 46.2 Å². The molecule has 84 valence electrons. The molecule has 0 saturated heterocycles. The Bertz CT molecular complexity index is 792. The molecule has 0 atom stereocenters. The van der Waals surface area contributed by atoms with Crippen molar-refractivity contribution in [2.75, 3.05) is 0 Å². The third kappa shape index (κ3) is 1.77. The Morgan fingerprint density at radius 3 is 2.53 bits per heavy atom. The van der Waals surface area contributed by atoms with Gasteiger partial charge in [0, 0.05) is 14.3 Å². The number of pyridine rings is 1. The van der Waals surface area contributed by atoms with Crippen molar-refractivity contribution in [3.63, 3.8) is 0 Å². The average Bonchev–Trinajstić information content (AvgIpc) is 2.36. The van der Waals surface area contributed by atoms with E-state index in [2.05, 4.69) is 51.5 Å². The van der Waals surface area contributed by atoms with Crippen molar-refractivity contribution in [1.82, 2.24) is 2.78 Å². The zero-order chi connectivity index (χ0) is 12.0. The Hall–Kier alpha value is -0.630. The van der Waals surface area contributed by atoms with E-state index in [0.717, 1.165) is 25.2 Å². The second-order valence-electron chi connectivity index (χ2n) is 3.79. The maximum Gasteiger partial charge on any atom is 0.267 e. The third-order valence-electron chi connectivity index (χ3n) is 2.80. The van der Waals surface area contributed by atoms with Gasteiger partial charge in [-0.3, -0.25) is 4.79 Å². The van der Waals surface area contributed by atoms with Crippen molar-refractivity contribution >= 4 is 67.1 Å². The molecule has 0 aliphatic carbocycles. The summed E-state index contributed by atoms with van der Waals surface area (Å²) in [6, 6.07) is 14.0. The molecule has 4 heteroatoms. The molecule has 1 aromatic heterocycles. The number of para-hydroxylation sites is 1. The first kappa shape index (κ1) is 11.5. The number of hydrogen-bond acceptors (Lipinski definition) is 1. The predicted octanol–water partition coefficient (Wildman–Crippen LogP) is 3.96. The summed E-state index contributed by atoms with van der Waals surface area (Å²) in [5.41, 5.74) is 1.02. The molecule has 0 bridgehead atoms. The molecular weight excluding hydrogens is 440 g/mol. The topological polar surface area (TPSA) is 22.0 Å². The van der Waals surface area contributed by atoms with E-state index in [1.165, 1.54) is 0 Å². The molecule has 0 N–H and O–H groups in total. The smallest absolute Gasteiger partial charge is 0.267 e. The minimum Gasteiger partial charge on any atom is -0.268 e. The highest BCUT2D eigenvalue weighted by Crippen LogP contribution is 2.24. The van der Waals surface area contributed by atoms with Crippen molar-refractivity contribution in [3.05, 3.63) is 56.4 Å². The van der Waals surface area contributed by atoms with Crippen LogP contribution in [0.2, 0.25) is 0 Å². The summed E-state index contributed by atoms with van der Waals surface area (Å²) in [5, 5.41) is 2.93. The van der Waals surface area contributed by atoms with Crippen LogP contribution in [-0.4, -0.2) is 2.78 Å². The summed E-state index contributed by atoms with van der Waals surface area (Å²) in [4.78, 5) is 12.2. The number of halogens is 2. The first-order valence-corrected chi connectivity index (χ1v) is 7.12. The minimum atomic E-state index is 0.0535. The lowest BCUT2D eigenvalue weighted by Gasteiger charge is -2.07. The van der Waals surface area contributed by atoms with Crippen molar-refractivity contribution < 1.29 is 0 Å². The number of rotatable bonds is 0. The van der Waals surface area contributed by atoms with Gasteiger partial charge in [0.1, 0.15) is 0 Å². The van der Waals surface area contributed by atoms with Crippen molar-refractivity contribution in [1.29, 1.82) is 0 Å². The second kappa shape index (κ2) is 4.24. The van der Waals surface area contributed by atoms with Crippen LogP contribution >= 0.6 is 45.5 Å². The predicted molar refractivity (Wildman–Crippen MR) is 87.8 cm³/mol. The molecule has 0 aliphatic heterocycles. The molecule has 0 spiro atoms. The van der Waals surface area contributed by atoms with E-state index in [1.54, 1.807) is 2.78 Å². The van der Waals surface area contributed by atoms with Crippen LogP contribution in [0.1, 0.15) is 0 Å². The number of nitrogens with zero attached hydrogens (tertiary/aromatic N) is 1. The molecule has 3 rings (SSSR count). The lowest BCUT2D eigenvalue weighted by atomic mass is 10.1. The second-order valence-corrected chi connectivity index (χ2v) is 6.00. The molecule has 0 aliphatic rings. The third-order valence-corrected chi connectivity index (χ3v) is 4.42. The van der Waals surface area contributed by atoms with Gasteiger partial charge in [-0.15, -0.1) is 0 Å². The molecule has 0 unspecified atom stereocenters. The summed E-state index contributed by atoms with van der Waals surface area (Å²) < 4.78 is 2.77. The van der Waals surface area contributed by atoms with Crippen LogP contribution in [0.25, 0.3) is 21.7 Å². The monoisotopic (exact) mass is 447 g/mol. The van der Waals surface area contributed by atoms with Crippen LogP contribution in [0.5, 0.6) is 0 Å². The Morgan fingerprint density at radius 1 is 0.941 bits per heavy atom. The molecule has 0 amide bonds. The number of aromatic nitrogens is 1. The fourth-order valence-electron chi connectivity index (χ4n) is 2.02. The summed E-state index contributed by atoms with van der Waals surface area (Å²) >= 11 is 4.29. The molecule has 17 heavy (non-hydrogen) atoms. The molecule has 0 radical (unpaired) electrons. The Morgan fingerprint density at radius 2 is 1.71 bits per heavy atom. The van der Waals surface area contributed by atoms with E-state index in [4.69, 9.17) is 0 Å². The molecule has 2 aromatic carbocycles. The normalized spacial score (nSPS) is 11.2. The van der Waals surface area contributed by atoms with Crippen molar-refractivity contribution in [2.24, 2.45) is 0 Å². The van der Waals surface area contributed by atoms with Crippen molar-refractivity contribution in [3.8, 4) is 0 Å². The highest BCUT2D eigenvalue weighted by atomic mass is 127. The van der Waals surface area contributed by atoms with Crippen molar-refractivity contribution in [2.45, 2.75) is 0 Å². The summed E-state index contributed by atoms with van der Waals surface area (Å²) in [5.74, 6) is 0. The quantitative estimate of drug-likeness (QED) is 0.378. The molecule has 0 fully saturated rings. The largest absolute Gasteiger partial charge is 0.268 e. The van der Waals surface area contributed by atoms with Gasteiger partial charge in [0.2, 0.25) is 0 Å². The highest BCUT2D eigenvalue weighted by molar-refractivity contribution is 14.1. The molecule has 2 nitrogen and oxygen atoms in total. The average molecular weight is 447 g/mol. The standard InChI is InChI=1S/C13H7I2NO/c14-8-5-6-9-10-3-1-2-4-12(10)16(15)13(17)11(9)7-8/h1-7H. The maximum absolute atomic E-state index is 12.2. The fraction of sp³-hybridized carbons (Fsp3) is 0. The van der Waals surface area contributed by atoms with E-state index in [-0.39, 0.29) is 5.56 Å². The van der Waals surface area contributed by atoms with Crippen LogP contribution in [-0.2, 0) is 0 Å². The lowest BCUT2D eigenvalue weighted by Crippen LogP contribution is -2.13. The van der Waals surface area contributed by atoms with E-state index in [1.807, 2.05) is 36.4 Å². The summed E-state index contributed by atoms with van der Waals surface area (Å²) in [6.07, 6.45) is 0. The van der Waals surface area contributed by atoms with E-state index >= 15 is 0 Å². The van der Waals surface area contributed by atoms with Gasteiger partial charge in [0.15, 0.2) is 0 Å². The molecule has 1 heterocycles. The van der Waals surface area contributed by atoms with Crippen LogP contribution < -0.4 is 5.56 Å². The minimum absolute atomic E-state index is 0.0535. The van der Waals surface area contributed by atoms with Crippen LogP contribution in [0.3, 0.4) is 0 Å². The van der Waals surface area contributed by atoms with E-state index < -0.39 is 0 Å². The lowest BCUT2D eigenvalue weighted by molar-refractivity contribution is 1.30. The van der Waals surface area contributed by atoms with Gasteiger partial charge < -0.3 is 0 Å². The first-order chi connectivity index (χ1) is 8.18. The van der Waals surface area contributed by atoms with Crippen LogP contribution in [0, 0.1) is 3.57 Å². The maximum atomic E-state index is 12.2. The zero-order valence-corrected chi connectivity index (χ0v) is 13.0. The zero-order valence-electron chi connectivity index (χ0n) is 8.65. The van der Waals surface area contributed by atoms with E-state index in [9.17, 15) is 4.79 Å². The summed E-state index contributed by atoms with van der Waals surface area (Å²) in [7, 11) is 0. The Balaban J connectivity index is 2.70.